The average Bonchev–Trinajstić information content (AvgIpc) is 3.10. The molecule has 0 aliphatic carbocycles. The number of benzene rings is 1. The standard InChI is InChI=1S/C16H17ClF3N5S.HI/c17-11-1-3-12(4-2-11)24-5-7-25(8-6-24)15(21)22-9-14-23-13(10-26-14)16(18,19)20;/h1-4,10H,5-9H2,(H2,21,22);1H. The number of nitrogens with zero attached hydrogens (tertiary/aromatic N) is 4. The van der Waals surface area contributed by atoms with Gasteiger partial charge in [0, 0.05) is 42.3 Å². The van der Waals surface area contributed by atoms with E-state index in [4.69, 9.17) is 17.3 Å². The summed E-state index contributed by atoms with van der Waals surface area (Å²) < 4.78 is 37.7. The molecule has 27 heavy (non-hydrogen) atoms. The van der Waals surface area contributed by atoms with Gasteiger partial charge in [-0.15, -0.1) is 35.3 Å². The molecule has 0 spiro atoms. The smallest absolute Gasteiger partial charge is 0.370 e. The van der Waals surface area contributed by atoms with Crippen molar-refractivity contribution in [2.45, 2.75) is 12.7 Å². The molecule has 0 atom stereocenters. The Labute approximate surface area is 181 Å². The highest BCUT2D eigenvalue weighted by molar-refractivity contribution is 14.0. The predicted molar refractivity (Wildman–Crippen MR) is 113 cm³/mol. The number of rotatable bonds is 3. The first-order chi connectivity index (χ1) is 12.3. The Kier molecular flexibility index (Phi) is 7.57. The summed E-state index contributed by atoms with van der Waals surface area (Å²) in [4.78, 5) is 11.9. The lowest BCUT2D eigenvalue weighted by atomic mass is 10.2. The zero-order valence-corrected chi connectivity index (χ0v) is 18.0. The van der Waals surface area contributed by atoms with Crippen molar-refractivity contribution < 1.29 is 13.2 Å². The molecule has 1 aliphatic rings. The zero-order chi connectivity index (χ0) is 18.7. The Bertz CT molecular complexity index is 773. The summed E-state index contributed by atoms with van der Waals surface area (Å²) in [6.45, 7) is 2.96. The topological polar surface area (TPSA) is 57.8 Å². The van der Waals surface area contributed by atoms with E-state index in [1.54, 1.807) is 0 Å². The fourth-order valence-electron chi connectivity index (χ4n) is 2.61. The van der Waals surface area contributed by atoms with Crippen molar-refractivity contribution in [3.05, 3.63) is 45.4 Å². The van der Waals surface area contributed by atoms with Gasteiger partial charge in [0.25, 0.3) is 0 Å². The molecule has 1 aliphatic heterocycles. The van der Waals surface area contributed by atoms with E-state index >= 15 is 0 Å². The molecule has 3 rings (SSSR count). The van der Waals surface area contributed by atoms with Gasteiger partial charge in [0.05, 0.1) is 6.54 Å². The maximum Gasteiger partial charge on any atom is 0.434 e. The summed E-state index contributed by atoms with van der Waals surface area (Å²) in [5.74, 6) is 0.324. The van der Waals surface area contributed by atoms with Crippen LogP contribution in [0.1, 0.15) is 10.7 Å². The maximum atomic E-state index is 12.6. The molecule has 11 heteroatoms. The normalized spacial score (nSPS) is 15.6. The first kappa shape index (κ1) is 22.0. The van der Waals surface area contributed by atoms with Gasteiger partial charge in [-0.1, -0.05) is 11.6 Å². The predicted octanol–water partition coefficient (Wildman–Crippen LogP) is 4.07. The van der Waals surface area contributed by atoms with E-state index < -0.39 is 11.9 Å². The molecule has 2 N–H and O–H groups in total. The molecule has 0 saturated carbocycles. The van der Waals surface area contributed by atoms with Crippen LogP contribution in [0, 0.1) is 0 Å². The highest BCUT2D eigenvalue weighted by atomic mass is 127. The minimum atomic E-state index is -4.43. The van der Waals surface area contributed by atoms with Crippen molar-refractivity contribution in [1.82, 2.24) is 9.88 Å². The van der Waals surface area contributed by atoms with Crippen LogP contribution in [-0.2, 0) is 12.7 Å². The van der Waals surface area contributed by atoms with Gasteiger partial charge in [-0.3, -0.25) is 0 Å². The van der Waals surface area contributed by atoms with E-state index in [1.807, 2.05) is 29.2 Å². The fourth-order valence-corrected chi connectivity index (χ4v) is 3.46. The largest absolute Gasteiger partial charge is 0.434 e. The Balaban J connectivity index is 0.00000261. The summed E-state index contributed by atoms with van der Waals surface area (Å²) in [6, 6.07) is 7.64. The SMILES string of the molecule is I.NC(=NCc1nc(C(F)(F)F)cs1)N1CCN(c2ccc(Cl)cc2)CC1. The van der Waals surface area contributed by atoms with Crippen LogP contribution in [0.5, 0.6) is 0 Å². The van der Waals surface area contributed by atoms with Crippen LogP contribution in [0.15, 0.2) is 34.6 Å². The number of anilines is 1. The molecule has 1 fully saturated rings. The molecule has 1 aromatic carbocycles. The van der Waals surface area contributed by atoms with Crippen LogP contribution < -0.4 is 10.6 Å². The third kappa shape index (κ3) is 5.85. The van der Waals surface area contributed by atoms with Crippen molar-refractivity contribution in [3.63, 3.8) is 0 Å². The van der Waals surface area contributed by atoms with E-state index in [0.717, 1.165) is 35.5 Å². The zero-order valence-electron chi connectivity index (χ0n) is 14.1. The third-order valence-corrected chi connectivity index (χ3v) is 5.10. The van der Waals surface area contributed by atoms with Gasteiger partial charge in [-0.05, 0) is 24.3 Å². The third-order valence-electron chi connectivity index (χ3n) is 4.01. The van der Waals surface area contributed by atoms with Crippen LogP contribution in [-0.4, -0.2) is 42.0 Å². The molecule has 1 aromatic heterocycles. The number of guanidine groups is 1. The van der Waals surface area contributed by atoms with Crippen molar-refractivity contribution in [2.75, 3.05) is 31.1 Å². The van der Waals surface area contributed by atoms with E-state index in [0.29, 0.717) is 29.1 Å². The van der Waals surface area contributed by atoms with E-state index in [-0.39, 0.29) is 30.5 Å². The summed E-state index contributed by atoms with van der Waals surface area (Å²) in [5.41, 5.74) is 6.19. The van der Waals surface area contributed by atoms with Crippen molar-refractivity contribution in [1.29, 1.82) is 0 Å². The van der Waals surface area contributed by atoms with E-state index in [2.05, 4.69) is 14.9 Å². The summed E-state index contributed by atoms with van der Waals surface area (Å²) in [7, 11) is 0. The number of piperazine rings is 1. The Morgan fingerprint density at radius 2 is 1.81 bits per heavy atom. The molecule has 5 nitrogen and oxygen atoms in total. The summed E-state index contributed by atoms with van der Waals surface area (Å²) in [6.07, 6.45) is -4.43. The average molecular weight is 532 g/mol. The molecule has 0 bridgehead atoms. The van der Waals surface area contributed by atoms with Crippen molar-refractivity contribution in [2.24, 2.45) is 10.7 Å². The minimum Gasteiger partial charge on any atom is -0.370 e. The van der Waals surface area contributed by atoms with Gasteiger partial charge in [0.1, 0.15) is 5.01 Å². The summed E-state index contributed by atoms with van der Waals surface area (Å²) in [5, 5.41) is 1.98. The molecule has 0 amide bonds. The monoisotopic (exact) mass is 531 g/mol. The van der Waals surface area contributed by atoms with Gasteiger partial charge in [0.15, 0.2) is 11.7 Å². The molecule has 2 heterocycles. The number of aromatic nitrogens is 1. The van der Waals surface area contributed by atoms with Gasteiger partial charge in [0.2, 0.25) is 0 Å². The quantitative estimate of drug-likeness (QED) is 0.369. The van der Waals surface area contributed by atoms with Crippen LogP contribution in [0.25, 0.3) is 0 Å². The van der Waals surface area contributed by atoms with Gasteiger partial charge < -0.3 is 15.5 Å². The lowest BCUT2D eigenvalue weighted by Crippen LogP contribution is -2.51. The lowest BCUT2D eigenvalue weighted by molar-refractivity contribution is -0.140. The first-order valence-corrected chi connectivity index (χ1v) is 9.15. The Morgan fingerprint density at radius 1 is 1.19 bits per heavy atom. The fraction of sp³-hybridized carbons (Fsp3) is 0.375. The highest BCUT2D eigenvalue weighted by Crippen LogP contribution is 2.30. The second-order valence-electron chi connectivity index (χ2n) is 5.75. The van der Waals surface area contributed by atoms with Crippen molar-refractivity contribution in [3.8, 4) is 0 Å². The minimum absolute atomic E-state index is 0. The van der Waals surface area contributed by atoms with Gasteiger partial charge >= 0.3 is 6.18 Å². The molecular weight excluding hydrogens is 514 g/mol. The van der Waals surface area contributed by atoms with Gasteiger partial charge in [-0.25, -0.2) is 9.98 Å². The van der Waals surface area contributed by atoms with E-state index in [1.165, 1.54) is 0 Å². The molecule has 0 radical (unpaired) electrons. The Morgan fingerprint density at radius 3 is 2.37 bits per heavy atom. The molecule has 0 unspecified atom stereocenters. The number of thiazole rings is 1. The van der Waals surface area contributed by atoms with E-state index in [9.17, 15) is 13.2 Å². The summed E-state index contributed by atoms with van der Waals surface area (Å²) >= 11 is 6.83. The first-order valence-electron chi connectivity index (χ1n) is 7.90. The number of aliphatic imine (C=N–C) groups is 1. The number of halogens is 5. The van der Waals surface area contributed by atoms with Crippen LogP contribution >= 0.6 is 46.9 Å². The second kappa shape index (κ2) is 9.28. The molecular formula is C16H18ClF3IN5S. The Hall–Kier alpha value is -1.27. The van der Waals surface area contributed by atoms with Crippen molar-refractivity contribution >= 4 is 58.6 Å². The number of alkyl halides is 3. The van der Waals surface area contributed by atoms with Gasteiger partial charge in [-0.2, -0.15) is 13.2 Å². The maximum absolute atomic E-state index is 12.6. The second-order valence-corrected chi connectivity index (χ2v) is 7.13. The van der Waals surface area contributed by atoms with Crippen LogP contribution in [0.4, 0.5) is 18.9 Å². The number of nitrogens with two attached hydrogens (primary N) is 1. The highest BCUT2D eigenvalue weighted by Gasteiger charge is 2.33. The number of hydrogen-bond donors (Lipinski definition) is 1. The molecule has 148 valence electrons. The number of hydrogen-bond acceptors (Lipinski definition) is 4. The van der Waals surface area contributed by atoms with Crippen LogP contribution in [0.3, 0.4) is 0 Å². The molecule has 2 aromatic rings. The lowest BCUT2D eigenvalue weighted by Gasteiger charge is -2.36. The molecule has 1 saturated heterocycles. The van der Waals surface area contributed by atoms with Crippen LogP contribution in [0.2, 0.25) is 5.02 Å².